The van der Waals surface area contributed by atoms with Gasteiger partial charge in [-0.05, 0) is 19.2 Å². The highest BCUT2D eigenvalue weighted by atomic mass is 35.5. The van der Waals surface area contributed by atoms with Crippen LogP contribution in [0.25, 0.3) is 0 Å². The number of carbonyl (C=O) groups excluding carboxylic acids is 2. The second-order valence-electron chi connectivity index (χ2n) is 4.97. The maximum Gasteiger partial charge on any atom is 0.237 e. The lowest BCUT2D eigenvalue weighted by atomic mass is 10.2. The number of para-hydroxylation sites is 1. The Balaban J connectivity index is 0.00000242. The zero-order chi connectivity index (χ0) is 15.2. The quantitative estimate of drug-likeness (QED) is 0.852. The fourth-order valence-corrected chi connectivity index (χ4v) is 3.14. The maximum atomic E-state index is 12.1. The monoisotopic (exact) mass is 343 g/mol. The summed E-state index contributed by atoms with van der Waals surface area (Å²) in [5.74, 6) is 0.582. The maximum absolute atomic E-state index is 12.1. The SMILES string of the molecule is CNCCN(C)C(=O)CCN1C(=O)CSc2ccccc21.Cl. The predicted molar refractivity (Wildman–Crippen MR) is 92.9 cm³/mol. The number of hydrogen-bond acceptors (Lipinski definition) is 4. The Morgan fingerprint density at radius 2 is 2.14 bits per heavy atom. The summed E-state index contributed by atoms with van der Waals surface area (Å²) in [7, 11) is 3.65. The van der Waals surface area contributed by atoms with Gasteiger partial charge in [0.2, 0.25) is 11.8 Å². The van der Waals surface area contributed by atoms with Crippen LogP contribution < -0.4 is 10.2 Å². The number of thioether (sulfide) groups is 1. The van der Waals surface area contributed by atoms with Gasteiger partial charge in [-0.1, -0.05) is 12.1 Å². The standard InChI is InChI=1S/C15H21N3O2S.ClH/c1-16-8-10-17(2)14(19)7-9-18-12-5-3-4-6-13(12)21-11-15(18)20;/h3-6,16H,7-11H2,1-2H3;1H. The first-order valence-electron chi connectivity index (χ1n) is 7.04. The summed E-state index contributed by atoms with van der Waals surface area (Å²) in [6.07, 6.45) is 0.352. The van der Waals surface area contributed by atoms with Crippen LogP contribution in [0.2, 0.25) is 0 Å². The number of amides is 2. The molecule has 0 bridgehead atoms. The Bertz CT molecular complexity index is 527. The third kappa shape index (κ3) is 4.63. The van der Waals surface area contributed by atoms with E-state index < -0.39 is 0 Å². The molecule has 0 fully saturated rings. The average molecular weight is 344 g/mol. The molecule has 5 nitrogen and oxygen atoms in total. The number of likely N-dealkylation sites (N-methyl/N-ethyl adjacent to an activating group) is 2. The number of carbonyl (C=O) groups is 2. The van der Waals surface area contributed by atoms with E-state index in [1.807, 2.05) is 31.3 Å². The highest BCUT2D eigenvalue weighted by Crippen LogP contribution is 2.34. The van der Waals surface area contributed by atoms with E-state index in [1.165, 1.54) is 0 Å². The number of hydrogen-bond donors (Lipinski definition) is 1. The van der Waals surface area contributed by atoms with Crippen molar-refractivity contribution in [1.82, 2.24) is 10.2 Å². The van der Waals surface area contributed by atoms with Crippen molar-refractivity contribution in [3.05, 3.63) is 24.3 Å². The zero-order valence-corrected chi connectivity index (χ0v) is 14.5. The highest BCUT2D eigenvalue weighted by Gasteiger charge is 2.24. The van der Waals surface area contributed by atoms with Gasteiger partial charge in [0.05, 0.1) is 11.4 Å². The normalized spacial score (nSPS) is 13.4. The molecule has 1 aromatic carbocycles. The van der Waals surface area contributed by atoms with Crippen LogP contribution in [0.3, 0.4) is 0 Å². The molecule has 0 unspecified atom stereocenters. The molecule has 1 aliphatic heterocycles. The number of benzene rings is 1. The molecule has 7 heteroatoms. The lowest BCUT2D eigenvalue weighted by Gasteiger charge is -2.29. The van der Waals surface area contributed by atoms with Crippen LogP contribution in [0.5, 0.6) is 0 Å². The van der Waals surface area contributed by atoms with Gasteiger partial charge >= 0.3 is 0 Å². The van der Waals surface area contributed by atoms with E-state index in [2.05, 4.69) is 5.32 Å². The van der Waals surface area contributed by atoms with E-state index in [-0.39, 0.29) is 24.2 Å². The van der Waals surface area contributed by atoms with E-state index in [9.17, 15) is 9.59 Å². The average Bonchev–Trinajstić information content (AvgIpc) is 2.51. The fraction of sp³-hybridized carbons (Fsp3) is 0.467. The molecule has 1 heterocycles. The molecule has 122 valence electrons. The second-order valence-corrected chi connectivity index (χ2v) is 5.99. The van der Waals surface area contributed by atoms with Crippen LogP contribution in [-0.2, 0) is 9.59 Å². The molecule has 0 atom stereocenters. The Kier molecular flexibility index (Phi) is 7.72. The van der Waals surface area contributed by atoms with Crippen molar-refractivity contribution in [3.8, 4) is 0 Å². The first-order valence-corrected chi connectivity index (χ1v) is 8.03. The van der Waals surface area contributed by atoms with E-state index in [0.717, 1.165) is 17.1 Å². The highest BCUT2D eigenvalue weighted by molar-refractivity contribution is 8.00. The molecule has 0 spiro atoms. The summed E-state index contributed by atoms with van der Waals surface area (Å²) in [6.45, 7) is 1.89. The molecule has 0 aliphatic carbocycles. The van der Waals surface area contributed by atoms with Gasteiger partial charge in [-0.2, -0.15) is 0 Å². The molecule has 0 saturated heterocycles. The molecule has 1 aromatic rings. The molecule has 1 N–H and O–H groups in total. The molecule has 0 aromatic heterocycles. The minimum absolute atomic E-state index is 0. The Labute approximate surface area is 141 Å². The third-order valence-electron chi connectivity index (χ3n) is 3.48. The van der Waals surface area contributed by atoms with Gasteiger partial charge in [0.15, 0.2) is 0 Å². The number of halogens is 1. The third-order valence-corrected chi connectivity index (χ3v) is 4.53. The van der Waals surface area contributed by atoms with Crippen molar-refractivity contribution >= 4 is 41.7 Å². The topological polar surface area (TPSA) is 52.7 Å². The number of anilines is 1. The van der Waals surface area contributed by atoms with Crippen LogP contribution >= 0.6 is 24.2 Å². The van der Waals surface area contributed by atoms with E-state index in [1.54, 1.807) is 28.6 Å². The first kappa shape index (κ1) is 18.8. The van der Waals surface area contributed by atoms with E-state index in [0.29, 0.717) is 25.3 Å². The molecule has 2 amide bonds. The van der Waals surface area contributed by atoms with Crippen LogP contribution in [0, 0.1) is 0 Å². The van der Waals surface area contributed by atoms with Crippen molar-refractivity contribution in [3.63, 3.8) is 0 Å². The fourth-order valence-electron chi connectivity index (χ4n) is 2.20. The Morgan fingerprint density at radius 3 is 2.86 bits per heavy atom. The minimum Gasteiger partial charge on any atom is -0.344 e. The van der Waals surface area contributed by atoms with Gasteiger partial charge < -0.3 is 15.1 Å². The van der Waals surface area contributed by atoms with Gasteiger partial charge in [0.25, 0.3) is 0 Å². The van der Waals surface area contributed by atoms with Crippen molar-refractivity contribution in [2.75, 3.05) is 44.4 Å². The van der Waals surface area contributed by atoms with Crippen LogP contribution in [0.4, 0.5) is 5.69 Å². The van der Waals surface area contributed by atoms with Crippen molar-refractivity contribution in [2.24, 2.45) is 0 Å². The minimum atomic E-state index is 0. The van der Waals surface area contributed by atoms with Crippen molar-refractivity contribution in [2.45, 2.75) is 11.3 Å². The molecule has 0 radical (unpaired) electrons. The molecule has 22 heavy (non-hydrogen) atoms. The molecular formula is C15H22ClN3O2S. The van der Waals surface area contributed by atoms with Crippen molar-refractivity contribution in [1.29, 1.82) is 0 Å². The van der Waals surface area contributed by atoms with Gasteiger partial charge in [-0.25, -0.2) is 0 Å². The van der Waals surface area contributed by atoms with Crippen molar-refractivity contribution < 1.29 is 9.59 Å². The number of rotatable bonds is 6. The first-order chi connectivity index (χ1) is 10.1. The second kappa shape index (κ2) is 9.02. The van der Waals surface area contributed by atoms with Gasteiger partial charge in [-0.3, -0.25) is 9.59 Å². The Hall–Kier alpha value is -1.24. The summed E-state index contributed by atoms with van der Waals surface area (Å²) in [4.78, 5) is 28.7. The Morgan fingerprint density at radius 1 is 1.41 bits per heavy atom. The number of nitrogens with one attached hydrogen (secondary N) is 1. The molecule has 0 saturated carbocycles. The summed E-state index contributed by atoms with van der Waals surface area (Å²) >= 11 is 1.56. The van der Waals surface area contributed by atoms with E-state index in [4.69, 9.17) is 0 Å². The zero-order valence-electron chi connectivity index (χ0n) is 12.9. The summed E-state index contributed by atoms with van der Waals surface area (Å²) < 4.78 is 0. The number of fused-ring (bicyclic) bond motifs is 1. The van der Waals surface area contributed by atoms with Crippen LogP contribution in [-0.4, -0.2) is 56.2 Å². The smallest absolute Gasteiger partial charge is 0.237 e. The largest absolute Gasteiger partial charge is 0.344 e. The molecular weight excluding hydrogens is 322 g/mol. The predicted octanol–water partition coefficient (Wildman–Crippen LogP) is 1.61. The summed E-state index contributed by atoms with van der Waals surface area (Å²) in [6, 6.07) is 7.84. The van der Waals surface area contributed by atoms with Gasteiger partial charge in [-0.15, -0.1) is 24.2 Å². The summed E-state index contributed by atoms with van der Waals surface area (Å²) in [5.41, 5.74) is 0.921. The van der Waals surface area contributed by atoms with Crippen LogP contribution in [0.15, 0.2) is 29.2 Å². The number of nitrogens with zero attached hydrogens (tertiary/aromatic N) is 2. The lowest BCUT2D eigenvalue weighted by molar-refractivity contribution is -0.129. The molecule has 2 rings (SSSR count). The van der Waals surface area contributed by atoms with Gasteiger partial charge in [0, 0.05) is 38.0 Å². The van der Waals surface area contributed by atoms with E-state index >= 15 is 0 Å². The molecule has 1 aliphatic rings. The van der Waals surface area contributed by atoms with Crippen LogP contribution in [0.1, 0.15) is 6.42 Å². The summed E-state index contributed by atoms with van der Waals surface area (Å²) in [5, 5.41) is 3.02. The lowest BCUT2D eigenvalue weighted by Crippen LogP contribution is -2.39. The van der Waals surface area contributed by atoms with Gasteiger partial charge in [0.1, 0.15) is 0 Å².